The molecule has 0 radical (unpaired) electrons. The summed E-state index contributed by atoms with van der Waals surface area (Å²) in [6.45, 7) is 6.09. The lowest BCUT2D eigenvalue weighted by atomic mass is 9.97. The Labute approximate surface area is 125 Å². The van der Waals surface area contributed by atoms with Crippen molar-refractivity contribution in [3.8, 4) is 0 Å². The second kappa shape index (κ2) is 5.38. The van der Waals surface area contributed by atoms with E-state index < -0.39 is 6.10 Å². The zero-order valence-corrected chi connectivity index (χ0v) is 12.7. The summed E-state index contributed by atoms with van der Waals surface area (Å²) in [5, 5.41) is 11.7. The molecule has 0 saturated heterocycles. The molecule has 1 atom stereocenters. The van der Waals surface area contributed by atoms with Gasteiger partial charge in [0.1, 0.15) is 11.3 Å². The second-order valence-corrected chi connectivity index (χ2v) is 5.78. The number of hydrogen-bond donors (Lipinski definition) is 1. The minimum absolute atomic E-state index is 0.546. The van der Waals surface area contributed by atoms with Crippen molar-refractivity contribution in [3.05, 3.63) is 70.5 Å². The van der Waals surface area contributed by atoms with Crippen LogP contribution in [0.4, 0.5) is 0 Å². The molecule has 1 N–H and O–H groups in total. The molecule has 0 spiro atoms. The molecule has 0 aliphatic carbocycles. The van der Waals surface area contributed by atoms with Crippen LogP contribution in [-0.2, 0) is 6.42 Å². The lowest BCUT2D eigenvalue weighted by Crippen LogP contribution is -2.03. The summed E-state index contributed by atoms with van der Waals surface area (Å²) in [6, 6.07) is 14.3. The highest BCUT2D eigenvalue weighted by Gasteiger charge is 2.18. The topological polar surface area (TPSA) is 33.4 Å². The number of rotatable bonds is 3. The Morgan fingerprint density at radius 3 is 2.38 bits per heavy atom. The van der Waals surface area contributed by atoms with Crippen LogP contribution in [-0.4, -0.2) is 5.11 Å². The molecule has 2 nitrogen and oxygen atoms in total. The Balaban J connectivity index is 1.97. The molecule has 3 rings (SSSR count). The Morgan fingerprint density at radius 1 is 1.00 bits per heavy atom. The predicted molar refractivity (Wildman–Crippen MR) is 85.5 cm³/mol. The predicted octanol–water partition coefficient (Wildman–Crippen LogP) is 4.63. The van der Waals surface area contributed by atoms with E-state index in [2.05, 4.69) is 32.0 Å². The van der Waals surface area contributed by atoms with Gasteiger partial charge in [-0.2, -0.15) is 0 Å². The van der Waals surface area contributed by atoms with Crippen LogP contribution < -0.4 is 0 Å². The van der Waals surface area contributed by atoms with Crippen molar-refractivity contribution in [2.24, 2.45) is 0 Å². The number of aryl methyl sites for hydroxylation is 3. The summed E-state index contributed by atoms with van der Waals surface area (Å²) in [6.07, 6.45) is 0.0576. The summed E-state index contributed by atoms with van der Waals surface area (Å²) in [4.78, 5) is 0. The molecule has 2 aromatic carbocycles. The van der Waals surface area contributed by atoms with Crippen molar-refractivity contribution in [1.82, 2.24) is 0 Å². The van der Waals surface area contributed by atoms with Crippen LogP contribution in [0.2, 0.25) is 0 Å². The Bertz CT molecular complexity index is 763. The molecule has 0 fully saturated rings. The quantitative estimate of drug-likeness (QED) is 0.758. The SMILES string of the molecule is Cc1cc(C)cc(CC(O)c2c(C)oc3ccccc23)c1. The minimum Gasteiger partial charge on any atom is -0.461 e. The number of fused-ring (bicyclic) bond motifs is 1. The van der Waals surface area contributed by atoms with Crippen LogP contribution in [0.25, 0.3) is 11.0 Å². The third kappa shape index (κ3) is 2.72. The van der Waals surface area contributed by atoms with Crippen LogP contribution in [0, 0.1) is 20.8 Å². The molecule has 1 unspecified atom stereocenters. The second-order valence-electron chi connectivity index (χ2n) is 5.78. The molecule has 0 aliphatic rings. The molecule has 2 heteroatoms. The van der Waals surface area contributed by atoms with Crippen molar-refractivity contribution >= 4 is 11.0 Å². The standard InChI is InChI=1S/C19H20O2/c1-12-8-13(2)10-15(9-12)11-17(20)19-14(3)21-18-7-5-4-6-16(18)19/h4-10,17,20H,11H2,1-3H3. The lowest BCUT2D eigenvalue weighted by molar-refractivity contribution is 0.177. The van der Waals surface area contributed by atoms with E-state index in [0.717, 1.165) is 27.9 Å². The van der Waals surface area contributed by atoms with Gasteiger partial charge in [-0.3, -0.25) is 0 Å². The van der Waals surface area contributed by atoms with Gasteiger partial charge >= 0.3 is 0 Å². The number of hydrogen-bond acceptors (Lipinski definition) is 2. The number of aliphatic hydroxyl groups excluding tert-OH is 1. The molecule has 0 bridgehead atoms. The van der Waals surface area contributed by atoms with E-state index in [0.29, 0.717) is 6.42 Å². The van der Waals surface area contributed by atoms with Crippen LogP contribution in [0.3, 0.4) is 0 Å². The molecule has 0 amide bonds. The maximum atomic E-state index is 10.7. The van der Waals surface area contributed by atoms with Crippen molar-refractivity contribution in [2.45, 2.75) is 33.3 Å². The van der Waals surface area contributed by atoms with E-state index in [1.165, 1.54) is 11.1 Å². The molecule has 21 heavy (non-hydrogen) atoms. The fourth-order valence-electron chi connectivity index (χ4n) is 3.11. The third-order valence-electron chi connectivity index (χ3n) is 3.86. The van der Waals surface area contributed by atoms with Crippen molar-refractivity contribution in [1.29, 1.82) is 0 Å². The summed E-state index contributed by atoms with van der Waals surface area (Å²) in [5.41, 5.74) is 5.36. The van der Waals surface area contributed by atoms with Gasteiger partial charge in [0.15, 0.2) is 0 Å². The number of furan rings is 1. The smallest absolute Gasteiger partial charge is 0.134 e. The first-order chi connectivity index (χ1) is 10.0. The van der Waals surface area contributed by atoms with Gasteiger partial charge in [-0.05, 0) is 32.4 Å². The third-order valence-corrected chi connectivity index (χ3v) is 3.86. The van der Waals surface area contributed by atoms with Crippen LogP contribution in [0.1, 0.15) is 34.1 Å². The summed E-state index contributed by atoms with van der Waals surface area (Å²) in [7, 11) is 0. The van der Waals surface area contributed by atoms with E-state index in [1.807, 2.05) is 31.2 Å². The Morgan fingerprint density at radius 2 is 1.67 bits per heavy atom. The monoisotopic (exact) mass is 280 g/mol. The molecule has 3 aromatic rings. The first-order valence-electron chi connectivity index (χ1n) is 7.28. The zero-order valence-electron chi connectivity index (χ0n) is 12.7. The molecule has 0 aliphatic heterocycles. The molecule has 1 heterocycles. The van der Waals surface area contributed by atoms with Crippen LogP contribution in [0.15, 0.2) is 46.9 Å². The summed E-state index contributed by atoms with van der Waals surface area (Å²) in [5.74, 6) is 0.799. The van der Waals surface area contributed by atoms with E-state index >= 15 is 0 Å². The van der Waals surface area contributed by atoms with Gasteiger partial charge in [0, 0.05) is 17.4 Å². The number of aliphatic hydroxyl groups is 1. The van der Waals surface area contributed by atoms with E-state index in [9.17, 15) is 5.11 Å². The largest absolute Gasteiger partial charge is 0.461 e. The highest BCUT2D eigenvalue weighted by molar-refractivity contribution is 5.82. The minimum atomic E-state index is -0.546. The Hall–Kier alpha value is -2.06. The molecule has 108 valence electrons. The van der Waals surface area contributed by atoms with E-state index in [1.54, 1.807) is 0 Å². The first kappa shape index (κ1) is 13.9. The van der Waals surface area contributed by atoms with Gasteiger partial charge < -0.3 is 9.52 Å². The van der Waals surface area contributed by atoms with Gasteiger partial charge in [-0.1, -0.05) is 47.5 Å². The van der Waals surface area contributed by atoms with Gasteiger partial charge in [0.2, 0.25) is 0 Å². The van der Waals surface area contributed by atoms with Crippen LogP contribution in [0.5, 0.6) is 0 Å². The van der Waals surface area contributed by atoms with Gasteiger partial charge in [-0.15, -0.1) is 0 Å². The van der Waals surface area contributed by atoms with Gasteiger partial charge in [0.05, 0.1) is 6.10 Å². The highest BCUT2D eigenvalue weighted by Crippen LogP contribution is 2.32. The maximum absolute atomic E-state index is 10.7. The van der Waals surface area contributed by atoms with Crippen molar-refractivity contribution < 1.29 is 9.52 Å². The number of benzene rings is 2. The summed E-state index contributed by atoms with van der Waals surface area (Å²) >= 11 is 0. The molecular weight excluding hydrogens is 260 g/mol. The normalized spacial score (nSPS) is 12.8. The average molecular weight is 280 g/mol. The van der Waals surface area contributed by atoms with Crippen molar-refractivity contribution in [3.63, 3.8) is 0 Å². The van der Waals surface area contributed by atoms with E-state index in [-0.39, 0.29) is 0 Å². The number of para-hydroxylation sites is 1. The van der Waals surface area contributed by atoms with Gasteiger partial charge in [0.25, 0.3) is 0 Å². The van der Waals surface area contributed by atoms with E-state index in [4.69, 9.17) is 4.42 Å². The fourth-order valence-corrected chi connectivity index (χ4v) is 3.11. The Kier molecular flexibility index (Phi) is 3.56. The lowest BCUT2D eigenvalue weighted by Gasteiger charge is -2.12. The molecular formula is C19H20O2. The van der Waals surface area contributed by atoms with Crippen LogP contribution >= 0.6 is 0 Å². The highest BCUT2D eigenvalue weighted by atomic mass is 16.3. The average Bonchev–Trinajstić information content (AvgIpc) is 2.73. The van der Waals surface area contributed by atoms with Gasteiger partial charge in [-0.25, -0.2) is 0 Å². The molecule has 1 aromatic heterocycles. The zero-order chi connectivity index (χ0) is 15.0. The summed E-state index contributed by atoms with van der Waals surface area (Å²) < 4.78 is 5.75. The maximum Gasteiger partial charge on any atom is 0.134 e. The van der Waals surface area contributed by atoms with Crippen molar-refractivity contribution in [2.75, 3.05) is 0 Å². The first-order valence-corrected chi connectivity index (χ1v) is 7.28. The fraction of sp³-hybridized carbons (Fsp3) is 0.263. The molecule has 0 saturated carbocycles.